The average Bonchev–Trinajstić information content (AvgIpc) is 2.97. The molecule has 1 heterocycles. The molecule has 2 rings (SSSR count). The molecule has 0 saturated carbocycles. The number of hydrogen-bond donors (Lipinski definition) is 2. The van der Waals surface area contributed by atoms with E-state index in [1.807, 2.05) is 12.1 Å². The van der Waals surface area contributed by atoms with Crippen LogP contribution >= 0.6 is 0 Å². The summed E-state index contributed by atoms with van der Waals surface area (Å²) in [4.78, 5) is 25.1. The van der Waals surface area contributed by atoms with Gasteiger partial charge in [-0.25, -0.2) is 0 Å². The van der Waals surface area contributed by atoms with E-state index in [-0.39, 0.29) is 11.8 Å². The standard InChI is InChI=1S/C16H23N3O2/c1-19(2)16(21)13-7-5-12(6-8-13)11-18-15(20)10-14-4-3-9-17-14/h5-8,14,17H,3-4,9-11H2,1-2H3,(H,18,20). The number of hydrogen-bond acceptors (Lipinski definition) is 3. The maximum absolute atomic E-state index is 11.8. The van der Waals surface area contributed by atoms with Gasteiger partial charge in [0.2, 0.25) is 5.91 Å². The summed E-state index contributed by atoms with van der Waals surface area (Å²) in [5.74, 6) is 0.0562. The summed E-state index contributed by atoms with van der Waals surface area (Å²) < 4.78 is 0. The quantitative estimate of drug-likeness (QED) is 0.855. The highest BCUT2D eigenvalue weighted by atomic mass is 16.2. The van der Waals surface area contributed by atoms with Gasteiger partial charge in [0.25, 0.3) is 5.91 Å². The Morgan fingerprint density at radius 1 is 1.29 bits per heavy atom. The number of rotatable bonds is 5. The number of benzene rings is 1. The zero-order valence-corrected chi connectivity index (χ0v) is 12.7. The molecular formula is C16H23N3O2. The lowest BCUT2D eigenvalue weighted by Crippen LogP contribution is -2.31. The number of nitrogens with zero attached hydrogens (tertiary/aromatic N) is 1. The summed E-state index contributed by atoms with van der Waals surface area (Å²) in [6.07, 6.45) is 2.77. The maximum Gasteiger partial charge on any atom is 0.253 e. The van der Waals surface area contributed by atoms with Crippen LogP contribution in [0.2, 0.25) is 0 Å². The first-order valence-corrected chi connectivity index (χ1v) is 7.37. The third-order valence-electron chi connectivity index (χ3n) is 3.69. The molecule has 1 unspecified atom stereocenters. The van der Waals surface area contributed by atoms with Crippen LogP contribution in [0.25, 0.3) is 0 Å². The largest absolute Gasteiger partial charge is 0.352 e. The molecule has 1 aliphatic heterocycles. The van der Waals surface area contributed by atoms with Crippen molar-refractivity contribution in [2.45, 2.75) is 31.8 Å². The zero-order chi connectivity index (χ0) is 15.2. The molecule has 0 aliphatic carbocycles. The fraction of sp³-hybridized carbons (Fsp3) is 0.500. The summed E-state index contributed by atoms with van der Waals surface area (Å²) in [5, 5.41) is 6.24. The molecular weight excluding hydrogens is 266 g/mol. The van der Waals surface area contributed by atoms with Crippen LogP contribution in [0.3, 0.4) is 0 Å². The minimum Gasteiger partial charge on any atom is -0.352 e. The van der Waals surface area contributed by atoms with Crippen LogP contribution in [0.1, 0.15) is 35.2 Å². The predicted molar refractivity (Wildman–Crippen MR) is 81.9 cm³/mol. The molecule has 0 bridgehead atoms. The van der Waals surface area contributed by atoms with E-state index in [1.165, 1.54) is 0 Å². The average molecular weight is 289 g/mol. The first-order valence-electron chi connectivity index (χ1n) is 7.37. The number of carbonyl (C=O) groups excluding carboxylic acids is 2. The lowest BCUT2D eigenvalue weighted by Gasteiger charge is -2.12. The van der Waals surface area contributed by atoms with E-state index in [0.29, 0.717) is 24.6 Å². The number of carbonyl (C=O) groups is 2. The molecule has 1 aromatic carbocycles. The summed E-state index contributed by atoms with van der Waals surface area (Å²) in [7, 11) is 3.46. The SMILES string of the molecule is CN(C)C(=O)c1ccc(CNC(=O)CC2CCCN2)cc1. The summed E-state index contributed by atoms with van der Waals surface area (Å²) >= 11 is 0. The van der Waals surface area contributed by atoms with Crippen molar-refractivity contribution >= 4 is 11.8 Å². The molecule has 1 aliphatic rings. The van der Waals surface area contributed by atoms with E-state index in [0.717, 1.165) is 24.9 Å². The third-order valence-corrected chi connectivity index (χ3v) is 3.69. The highest BCUT2D eigenvalue weighted by Crippen LogP contribution is 2.09. The van der Waals surface area contributed by atoms with Crippen molar-refractivity contribution in [1.29, 1.82) is 0 Å². The molecule has 0 aromatic heterocycles. The maximum atomic E-state index is 11.8. The molecule has 1 atom stereocenters. The van der Waals surface area contributed by atoms with Crippen molar-refractivity contribution in [2.24, 2.45) is 0 Å². The first kappa shape index (κ1) is 15.5. The van der Waals surface area contributed by atoms with Crippen LogP contribution in [-0.2, 0) is 11.3 Å². The molecule has 2 N–H and O–H groups in total. The lowest BCUT2D eigenvalue weighted by atomic mass is 10.1. The Kier molecular flexibility index (Phi) is 5.33. The Hall–Kier alpha value is -1.88. The van der Waals surface area contributed by atoms with Gasteiger partial charge < -0.3 is 15.5 Å². The van der Waals surface area contributed by atoms with Gasteiger partial charge in [0.1, 0.15) is 0 Å². The van der Waals surface area contributed by atoms with Crippen LogP contribution in [0.5, 0.6) is 0 Å². The van der Waals surface area contributed by atoms with Gasteiger partial charge in [0.05, 0.1) is 0 Å². The van der Waals surface area contributed by atoms with Crippen molar-refractivity contribution in [3.8, 4) is 0 Å². The Balaban J connectivity index is 1.80. The number of nitrogens with one attached hydrogen (secondary N) is 2. The highest BCUT2D eigenvalue weighted by molar-refractivity contribution is 5.93. The second-order valence-corrected chi connectivity index (χ2v) is 5.67. The van der Waals surface area contributed by atoms with Crippen molar-refractivity contribution in [2.75, 3.05) is 20.6 Å². The Bertz CT molecular complexity index is 491. The van der Waals surface area contributed by atoms with Gasteiger partial charge in [-0.05, 0) is 37.1 Å². The molecule has 1 saturated heterocycles. The second kappa shape index (κ2) is 7.22. The third kappa shape index (κ3) is 4.56. The summed E-state index contributed by atoms with van der Waals surface area (Å²) in [6.45, 7) is 1.52. The van der Waals surface area contributed by atoms with E-state index >= 15 is 0 Å². The van der Waals surface area contributed by atoms with Gasteiger partial charge >= 0.3 is 0 Å². The normalized spacial score (nSPS) is 17.5. The van der Waals surface area contributed by atoms with Gasteiger partial charge in [-0.3, -0.25) is 9.59 Å². The fourth-order valence-corrected chi connectivity index (χ4v) is 2.45. The predicted octanol–water partition coefficient (Wildman–Crippen LogP) is 1.15. The molecule has 1 aromatic rings. The van der Waals surface area contributed by atoms with E-state index < -0.39 is 0 Å². The summed E-state index contributed by atoms with van der Waals surface area (Å²) in [5.41, 5.74) is 1.66. The molecule has 5 heteroatoms. The van der Waals surface area contributed by atoms with Crippen molar-refractivity contribution in [3.63, 3.8) is 0 Å². The van der Waals surface area contributed by atoms with Crippen molar-refractivity contribution in [1.82, 2.24) is 15.5 Å². The Morgan fingerprint density at radius 3 is 2.57 bits per heavy atom. The van der Waals surface area contributed by atoms with E-state index in [1.54, 1.807) is 31.1 Å². The Labute approximate surface area is 125 Å². The molecule has 5 nitrogen and oxygen atoms in total. The minimum absolute atomic E-state index is 0.0158. The molecule has 1 fully saturated rings. The van der Waals surface area contributed by atoms with Crippen LogP contribution in [0.15, 0.2) is 24.3 Å². The minimum atomic E-state index is -0.0158. The van der Waals surface area contributed by atoms with E-state index in [9.17, 15) is 9.59 Å². The topological polar surface area (TPSA) is 61.4 Å². The lowest BCUT2D eigenvalue weighted by molar-refractivity contribution is -0.121. The summed E-state index contributed by atoms with van der Waals surface area (Å²) in [6, 6.07) is 7.67. The van der Waals surface area contributed by atoms with Gasteiger partial charge in [-0.1, -0.05) is 12.1 Å². The van der Waals surface area contributed by atoms with Crippen molar-refractivity contribution < 1.29 is 9.59 Å². The Morgan fingerprint density at radius 2 is 2.00 bits per heavy atom. The molecule has 2 amide bonds. The second-order valence-electron chi connectivity index (χ2n) is 5.67. The van der Waals surface area contributed by atoms with Crippen LogP contribution in [0, 0.1) is 0 Å². The molecule has 0 spiro atoms. The first-order chi connectivity index (χ1) is 10.1. The van der Waals surface area contributed by atoms with E-state index in [2.05, 4.69) is 10.6 Å². The smallest absolute Gasteiger partial charge is 0.253 e. The van der Waals surface area contributed by atoms with Crippen LogP contribution in [-0.4, -0.2) is 43.4 Å². The monoisotopic (exact) mass is 289 g/mol. The van der Waals surface area contributed by atoms with Crippen LogP contribution < -0.4 is 10.6 Å². The number of amides is 2. The zero-order valence-electron chi connectivity index (χ0n) is 12.7. The fourth-order valence-electron chi connectivity index (χ4n) is 2.45. The van der Waals surface area contributed by atoms with E-state index in [4.69, 9.17) is 0 Å². The molecule has 114 valence electrons. The van der Waals surface area contributed by atoms with Crippen LogP contribution in [0.4, 0.5) is 0 Å². The van der Waals surface area contributed by atoms with Gasteiger partial charge in [0, 0.05) is 38.7 Å². The molecule has 21 heavy (non-hydrogen) atoms. The van der Waals surface area contributed by atoms with Gasteiger partial charge in [0.15, 0.2) is 0 Å². The van der Waals surface area contributed by atoms with Crippen molar-refractivity contribution in [3.05, 3.63) is 35.4 Å². The van der Waals surface area contributed by atoms with Gasteiger partial charge in [-0.2, -0.15) is 0 Å². The highest BCUT2D eigenvalue weighted by Gasteiger charge is 2.17. The molecule has 0 radical (unpaired) electrons. The van der Waals surface area contributed by atoms with Gasteiger partial charge in [-0.15, -0.1) is 0 Å².